The Labute approximate surface area is 87.4 Å². The number of halogens is 1. The van der Waals surface area contributed by atoms with Crippen molar-refractivity contribution in [1.29, 1.82) is 0 Å². The van der Waals surface area contributed by atoms with E-state index in [1.54, 1.807) is 6.92 Å². The van der Waals surface area contributed by atoms with Crippen molar-refractivity contribution in [3.05, 3.63) is 24.0 Å². The number of rotatable bonds is 4. The van der Waals surface area contributed by atoms with Crippen molar-refractivity contribution in [3.63, 3.8) is 0 Å². The Morgan fingerprint density at radius 2 is 2.27 bits per heavy atom. The third-order valence-electron chi connectivity index (χ3n) is 1.92. The minimum absolute atomic E-state index is 0.174. The molecule has 0 bridgehead atoms. The first-order valence-electron chi connectivity index (χ1n) is 4.59. The molecule has 0 heterocycles. The van der Waals surface area contributed by atoms with Gasteiger partial charge in [0.05, 0.1) is 11.4 Å². The number of nitrogen functional groups attached to an aromatic ring is 1. The highest BCUT2D eigenvalue weighted by Gasteiger charge is 2.08. The van der Waals surface area contributed by atoms with E-state index in [0.717, 1.165) is 0 Å². The zero-order valence-electron chi connectivity index (χ0n) is 8.46. The van der Waals surface area contributed by atoms with Crippen molar-refractivity contribution in [2.24, 2.45) is 5.73 Å². The van der Waals surface area contributed by atoms with Crippen LogP contribution in [0.25, 0.3) is 0 Å². The van der Waals surface area contributed by atoms with Gasteiger partial charge in [-0.2, -0.15) is 0 Å². The van der Waals surface area contributed by atoms with Gasteiger partial charge in [0.2, 0.25) is 5.91 Å². The van der Waals surface area contributed by atoms with Gasteiger partial charge >= 0.3 is 0 Å². The summed E-state index contributed by atoms with van der Waals surface area (Å²) in [5.41, 5.74) is 11.6. The minimum Gasteiger partial charge on any atom is -0.397 e. The van der Waals surface area contributed by atoms with Crippen molar-refractivity contribution >= 4 is 17.3 Å². The molecule has 0 spiro atoms. The Morgan fingerprint density at radius 3 is 2.87 bits per heavy atom. The first-order valence-corrected chi connectivity index (χ1v) is 4.59. The Balaban J connectivity index is 2.71. The fourth-order valence-corrected chi connectivity index (χ4v) is 1.27. The lowest BCUT2D eigenvalue weighted by Crippen LogP contribution is -2.24. The van der Waals surface area contributed by atoms with Gasteiger partial charge in [0.15, 0.2) is 0 Å². The molecule has 1 aromatic rings. The Kier molecular flexibility index (Phi) is 3.49. The maximum atomic E-state index is 12.9. The molecule has 0 saturated carbocycles. The molecule has 1 amide bonds. The number of amides is 1. The number of nitrogens with two attached hydrogens (primary N) is 2. The van der Waals surface area contributed by atoms with E-state index in [9.17, 15) is 9.18 Å². The molecule has 0 radical (unpaired) electrons. The summed E-state index contributed by atoms with van der Waals surface area (Å²) in [6.07, 6.45) is 0.177. The molecule has 0 fully saturated rings. The largest absolute Gasteiger partial charge is 0.397 e. The molecule has 0 aliphatic rings. The normalized spacial score (nSPS) is 12.1. The summed E-state index contributed by atoms with van der Waals surface area (Å²) in [6.45, 7) is 1.77. The lowest BCUT2D eigenvalue weighted by atomic mass is 10.2. The number of nitrogens with one attached hydrogen (secondary N) is 1. The molecule has 1 rings (SSSR count). The molecule has 0 saturated heterocycles. The molecule has 0 aromatic heterocycles. The van der Waals surface area contributed by atoms with Crippen LogP contribution in [0.2, 0.25) is 0 Å². The first kappa shape index (κ1) is 11.3. The van der Waals surface area contributed by atoms with Crippen molar-refractivity contribution in [1.82, 2.24) is 0 Å². The van der Waals surface area contributed by atoms with Crippen LogP contribution in [-0.2, 0) is 4.79 Å². The number of benzene rings is 1. The van der Waals surface area contributed by atoms with Crippen LogP contribution < -0.4 is 16.8 Å². The second kappa shape index (κ2) is 4.63. The molecule has 5 heteroatoms. The molecular formula is C10H14FN3O. The van der Waals surface area contributed by atoms with Crippen LogP contribution in [0.3, 0.4) is 0 Å². The molecule has 4 nitrogen and oxygen atoms in total. The number of primary amides is 1. The van der Waals surface area contributed by atoms with E-state index in [2.05, 4.69) is 5.32 Å². The molecule has 1 unspecified atom stereocenters. The second-order valence-corrected chi connectivity index (χ2v) is 3.45. The average molecular weight is 211 g/mol. The van der Waals surface area contributed by atoms with E-state index in [-0.39, 0.29) is 18.3 Å². The third-order valence-corrected chi connectivity index (χ3v) is 1.92. The van der Waals surface area contributed by atoms with Crippen LogP contribution in [0.15, 0.2) is 18.2 Å². The van der Waals surface area contributed by atoms with Crippen molar-refractivity contribution in [2.75, 3.05) is 11.1 Å². The fourth-order valence-electron chi connectivity index (χ4n) is 1.27. The minimum atomic E-state index is -0.412. The van der Waals surface area contributed by atoms with Gasteiger partial charge in [0.1, 0.15) is 5.82 Å². The third kappa shape index (κ3) is 3.46. The highest BCUT2D eigenvalue weighted by Crippen LogP contribution is 2.20. The van der Waals surface area contributed by atoms with Crippen LogP contribution in [0, 0.1) is 5.82 Å². The highest BCUT2D eigenvalue weighted by molar-refractivity contribution is 5.75. The van der Waals surface area contributed by atoms with Gasteiger partial charge in [-0.25, -0.2) is 4.39 Å². The Bertz CT molecular complexity index is 368. The molecule has 0 aliphatic heterocycles. The van der Waals surface area contributed by atoms with E-state index in [4.69, 9.17) is 11.5 Å². The predicted octanol–water partition coefficient (Wildman–Crippen LogP) is 1.08. The summed E-state index contributed by atoms with van der Waals surface area (Å²) in [5.74, 6) is -0.789. The first-order chi connectivity index (χ1) is 6.99. The smallest absolute Gasteiger partial charge is 0.219 e. The zero-order valence-corrected chi connectivity index (χ0v) is 8.46. The molecule has 0 aliphatic carbocycles. The average Bonchev–Trinajstić information content (AvgIpc) is 2.10. The van der Waals surface area contributed by atoms with Crippen LogP contribution >= 0.6 is 0 Å². The number of hydrogen-bond acceptors (Lipinski definition) is 3. The Morgan fingerprint density at radius 1 is 1.60 bits per heavy atom. The van der Waals surface area contributed by atoms with Gasteiger partial charge in [-0.05, 0) is 25.1 Å². The summed E-state index contributed by atoms with van der Waals surface area (Å²) in [6, 6.07) is 3.85. The molecule has 1 aromatic carbocycles. The van der Waals surface area contributed by atoms with Gasteiger partial charge < -0.3 is 16.8 Å². The highest BCUT2D eigenvalue weighted by atomic mass is 19.1. The lowest BCUT2D eigenvalue weighted by Gasteiger charge is -2.15. The molecular weight excluding hydrogens is 197 g/mol. The number of carbonyl (C=O) groups excluding carboxylic acids is 1. The fraction of sp³-hybridized carbons (Fsp3) is 0.300. The summed E-state index contributed by atoms with van der Waals surface area (Å²) < 4.78 is 12.9. The molecule has 5 N–H and O–H groups in total. The summed E-state index contributed by atoms with van der Waals surface area (Å²) in [5, 5.41) is 2.92. The topological polar surface area (TPSA) is 81.1 Å². The number of anilines is 2. The van der Waals surface area contributed by atoms with Gasteiger partial charge in [-0.1, -0.05) is 0 Å². The lowest BCUT2D eigenvalue weighted by molar-refractivity contribution is -0.118. The maximum absolute atomic E-state index is 12.9. The number of carbonyl (C=O) groups is 1. The second-order valence-electron chi connectivity index (χ2n) is 3.45. The summed E-state index contributed by atoms with van der Waals surface area (Å²) in [7, 11) is 0. The van der Waals surface area contributed by atoms with Crippen molar-refractivity contribution < 1.29 is 9.18 Å². The maximum Gasteiger partial charge on any atom is 0.219 e. The van der Waals surface area contributed by atoms with Crippen LogP contribution in [0.5, 0.6) is 0 Å². The molecule has 15 heavy (non-hydrogen) atoms. The van der Waals surface area contributed by atoms with E-state index >= 15 is 0 Å². The molecule has 82 valence electrons. The summed E-state index contributed by atoms with van der Waals surface area (Å²) in [4.78, 5) is 10.6. The quantitative estimate of drug-likeness (QED) is 0.652. The van der Waals surface area contributed by atoms with E-state index in [1.807, 2.05) is 0 Å². The van der Waals surface area contributed by atoms with E-state index in [1.165, 1.54) is 18.2 Å². The van der Waals surface area contributed by atoms with Gasteiger partial charge in [0.25, 0.3) is 0 Å². The molecule has 1 atom stereocenters. The van der Waals surface area contributed by atoms with Crippen LogP contribution in [-0.4, -0.2) is 11.9 Å². The van der Waals surface area contributed by atoms with E-state index < -0.39 is 5.91 Å². The van der Waals surface area contributed by atoms with Crippen LogP contribution in [0.4, 0.5) is 15.8 Å². The monoisotopic (exact) mass is 211 g/mol. The van der Waals surface area contributed by atoms with Crippen molar-refractivity contribution in [2.45, 2.75) is 19.4 Å². The zero-order chi connectivity index (χ0) is 11.4. The predicted molar refractivity (Wildman–Crippen MR) is 57.7 cm³/mol. The van der Waals surface area contributed by atoms with E-state index in [0.29, 0.717) is 11.4 Å². The standard InChI is InChI=1S/C10H14FN3O/c1-6(4-10(13)15)14-9-5-7(11)2-3-8(9)12/h2-3,5-6,14H,4,12H2,1H3,(H2,13,15). The van der Waals surface area contributed by atoms with Gasteiger partial charge in [-0.3, -0.25) is 4.79 Å². The number of hydrogen-bond donors (Lipinski definition) is 3. The summed E-state index contributed by atoms with van der Waals surface area (Å²) >= 11 is 0. The van der Waals surface area contributed by atoms with Gasteiger partial charge in [-0.15, -0.1) is 0 Å². The van der Waals surface area contributed by atoms with Gasteiger partial charge in [0, 0.05) is 12.5 Å². The van der Waals surface area contributed by atoms with Crippen molar-refractivity contribution in [3.8, 4) is 0 Å². The Hall–Kier alpha value is -1.78. The SMILES string of the molecule is CC(CC(N)=O)Nc1cc(F)ccc1N. The van der Waals surface area contributed by atoms with Crippen LogP contribution in [0.1, 0.15) is 13.3 Å².